The average Bonchev–Trinajstić information content (AvgIpc) is 2.73. The Kier molecular flexibility index (Phi) is 4.23. The molecule has 2 aromatic rings. The van der Waals surface area contributed by atoms with Crippen molar-refractivity contribution in [2.75, 3.05) is 7.11 Å². The summed E-state index contributed by atoms with van der Waals surface area (Å²) >= 11 is 0. The molecule has 0 N–H and O–H groups in total. The van der Waals surface area contributed by atoms with E-state index in [2.05, 4.69) is 5.10 Å². The summed E-state index contributed by atoms with van der Waals surface area (Å²) < 4.78 is 7.23. The minimum absolute atomic E-state index is 0.145. The Labute approximate surface area is 119 Å². The van der Waals surface area contributed by atoms with Crippen molar-refractivity contribution >= 4 is 5.78 Å². The van der Waals surface area contributed by atoms with Gasteiger partial charge in [0, 0.05) is 17.7 Å². The highest BCUT2D eigenvalue weighted by atomic mass is 16.5. The van der Waals surface area contributed by atoms with Crippen LogP contribution in [0.2, 0.25) is 0 Å². The van der Waals surface area contributed by atoms with Crippen LogP contribution >= 0.6 is 0 Å². The number of hydrogen-bond acceptors (Lipinski definition) is 3. The molecule has 2 rings (SSSR count). The molecule has 1 aromatic heterocycles. The number of nitrogens with zero attached hydrogens (tertiary/aromatic N) is 2. The molecule has 0 saturated carbocycles. The molecule has 20 heavy (non-hydrogen) atoms. The van der Waals surface area contributed by atoms with E-state index in [1.165, 1.54) is 0 Å². The van der Waals surface area contributed by atoms with E-state index in [4.69, 9.17) is 4.74 Å². The Hall–Kier alpha value is -2.10. The minimum Gasteiger partial charge on any atom is -0.496 e. The second-order valence-corrected chi connectivity index (χ2v) is 4.79. The van der Waals surface area contributed by atoms with Gasteiger partial charge in [0.2, 0.25) is 0 Å². The number of ether oxygens (including phenoxy) is 1. The quantitative estimate of drug-likeness (QED) is 0.785. The van der Waals surface area contributed by atoms with E-state index in [0.717, 1.165) is 28.3 Å². The van der Waals surface area contributed by atoms with E-state index in [9.17, 15) is 4.79 Å². The summed E-state index contributed by atoms with van der Waals surface area (Å²) in [4.78, 5) is 12.0. The van der Waals surface area contributed by atoms with Crippen LogP contribution < -0.4 is 4.74 Å². The van der Waals surface area contributed by atoms with E-state index in [1.54, 1.807) is 7.11 Å². The van der Waals surface area contributed by atoms with E-state index >= 15 is 0 Å². The molecule has 0 bridgehead atoms. The normalized spacial score (nSPS) is 10.6. The van der Waals surface area contributed by atoms with Gasteiger partial charge in [-0.25, -0.2) is 0 Å². The van der Waals surface area contributed by atoms with Gasteiger partial charge in [0.15, 0.2) is 5.78 Å². The van der Waals surface area contributed by atoms with Gasteiger partial charge in [-0.3, -0.25) is 9.48 Å². The van der Waals surface area contributed by atoms with Crippen molar-refractivity contribution in [2.45, 2.75) is 33.7 Å². The molecule has 0 aliphatic rings. The molecular weight excluding hydrogens is 252 g/mol. The van der Waals surface area contributed by atoms with Gasteiger partial charge < -0.3 is 4.74 Å². The fraction of sp³-hybridized carbons (Fsp3) is 0.375. The molecule has 1 heterocycles. The molecule has 1 aromatic carbocycles. The summed E-state index contributed by atoms with van der Waals surface area (Å²) in [5, 5.41) is 4.49. The third-order valence-electron chi connectivity index (χ3n) is 3.49. The summed E-state index contributed by atoms with van der Waals surface area (Å²) in [5.74, 6) is 0.981. The Morgan fingerprint density at radius 2 is 2.00 bits per heavy atom. The topological polar surface area (TPSA) is 44.1 Å². The second-order valence-electron chi connectivity index (χ2n) is 4.79. The fourth-order valence-electron chi connectivity index (χ4n) is 2.43. The van der Waals surface area contributed by atoms with Gasteiger partial charge in [-0.1, -0.05) is 25.1 Å². The number of carbonyl (C=O) groups is 1. The van der Waals surface area contributed by atoms with Gasteiger partial charge in [-0.2, -0.15) is 5.10 Å². The maximum Gasteiger partial charge on any atom is 0.166 e. The van der Waals surface area contributed by atoms with Crippen LogP contribution in [0.25, 0.3) is 0 Å². The molecule has 0 aliphatic heterocycles. The zero-order chi connectivity index (χ0) is 14.7. The first-order chi connectivity index (χ1) is 9.58. The SMILES string of the molecule is CCC(=O)c1c(C)nn(Cc2ccccc2OC)c1C. The molecular formula is C16H20N2O2. The number of aryl methyl sites for hydroxylation is 1. The predicted molar refractivity (Wildman–Crippen MR) is 78.4 cm³/mol. The number of aromatic nitrogens is 2. The van der Waals surface area contributed by atoms with Gasteiger partial charge in [0.1, 0.15) is 5.75 Å². The van der Waals surface area contributed by atoms with Crippen LogP contribution in [0.1, 0.15) is 40.7 Å². The summed E-state index contributed by atoms with van der Waals surface area (Å²) in [7, 11) is 1.66. The number of benzene rings is 1. The number of carbonyl (C=O) groups excluding carboxylic acids is 1. The molecule has 0 amide bonds. The third kappa shape index (κ3) is 2.59. The number of methoxy groups -OCH3 is 1. The van der Waals surface area contributed by atoms with Gasteiger partial charge in [0.25, 0.3) is 0 Å². The van der Waals surface area contributed by atoms with Crippen LogP contribution in [-0.4, -0.2) is 22.7 Å². The second kappa shape index (κ2) is 5.90. The van der Waals surface area contributed by atoms with Crippen molar-refractivity contribution in [3.05, 3.63) is 46.8 Å². The number of hydrogen-bond donors (Lipinski definition) is 0. The predicted octanol–water partition coefficient (Wildman–Crippen LogP) is 3.15. The lowest BCUT2D eigenvalue weighted by molar-refractivity contribution is 0.0987. The lowest BCUT2D eigenvalue weighted by Gasteiger charge is -2.09. The summed E-state index contributed by atoms with van der Waals surface area (Å²) in [6, 6.07) is 7.85. The van der Waals surface area contributed by atoms with Gasteiger partial charge >= 0.3 is 0 Å². The minimum atomic E-state index is 0.145. The average molecular weight is 272 g/mol. The number of para-hydroxylation sites is 1. The van der Waals surface area contributed by atoms with Gasteiger partial charge in [-0.15, -0.1) is 0 Å². The molecule has 106 valence electrons. The highest BCUT2D eigenvalue weighted by molar-refractivity contribution is 5.97. The lowest BCUT2D eigenvalue weighted by atomic mass is 10.1. The zero-order valence-electron chi connectivity index (χ0n) is 12.4. The van der Waals surface area contributed by atoms with Crippen molar-refractivity contribution in [3.8, 4) is 5.75 Å². The third-order valence-corrected chi connectivity index (χ3v) is 3.49. The van der Waals surface area contributed by atoms with Crippen LogP contribution in [0.3, 0.4) is 0 Å². The number of ketones is 1. The summed E-state index contributed by atoms with van der Waals surface area (Å²) in [6.45, 7) is 6.30. The largest absolute Gasteiger partial charge is 0.496 e. The smallest absolute Gasteiger partial charge is 0.166 e. The highest BCUT2D eigenvalue weighted by Crippen LogP contribution is 2.21. The molecule has 0 radical (unpaired) electrons. The maximum absolute atomic E-state index is 12.0. The van der Waals surface area contributed by atoms with Crippen molar-refractivity contribution in [2.24, 2.45) is 0 Å². The molecule has 0 saturated heterocycles. The molecule has 0 fully saturated rings. The standard InChI is InChI=1S/C16H20N2O2/c1-5-14(19)16-11(2)17-18(12(16)3)10-13-8-6-7-9-15(13)20-4/h6-9H,5,10H2,1-4H3. The molecule has 0 spiro atoms. The fourth-order valence-corrected chi connectivity index (χ4v) is 2.43. The first kappa shape index (κ1) is 14.3. The monoisotopic (exact) mass is 272 g/mol. The zero-order valence-corrected chi connectivity index (χ0v) is 12.4. The van der Waals surface area contributed by atoms with E-state index in [0.29, 0.717) is 13.0 Å². The first-order valence-electron chi connectivity index (χ1n) is 6.77. The van der Waals surface area contributed by atoms with E-state index in [-0.39, 0.29) is 5.78 Å². The molecule has 0 unspecified atom stereocenters. The number of rotatable bonds is 5. The van der Waals surface area contributed by atoms with Crippen LogP contribution in [0, 0.1) is 13.8 Å². The van der Waals surface area contributed by atoms with E-state index < -0.39 is 0 Å². The van der Waals surface area contributed by atoms with Crippen LogP contribution in [-0.2, 0) is 6.54 Å². The number of Topliss-reactive ketones (excluding diaryl/α,β-unsaturated/α-hetero) is 1. The van der Waals surface area contributed by atoms with Crippen LogP contribution in [0.4, 0.5) is 0 Å². The van der Waals surface area contributed by atoms with Gasteiger partial charge in [0.05, 0.1) is 24.9 Å². The Morgan fingerprint density at radius 1 is 1.30 bits per heavy atom. The Balaban J connectivity index is 2.38. The summed E-state index contributed by atoms with van der Waals surface area (Å²) in [5.41, 5.74) is 3.52. The first-order valence-corrected chi connectivity index (χ1v) is 6.77. The highest BCUT2D eigenvalue weighted by Gasteiger charge is 2.17. The Bertz CT molecular complexity index is 629. The van der Waals surface area contributed by atoms with Crippen molar-refractivity contribution in [3.63, 3.8) is 0 Å². The van der Waals surface area contributed by atoms with Gasteiger partial charge in [-0.05, 0) is 19.9 Å². The van der Waals surface area contributed by atoms with E-state index in [1.807, 2.05) is 49.7 Å². The van der Waals surface area contributed by atoms with Crippen LogP contribution in [0.15, 0.2) is 24.3 Å². The summed E-state index contributed by atoms with van der Waals surface area (Å²) in [6.07, 6.45) is 0.502. The Morgan fingerprint density at radius 3 is 2.65 bits per heavy atom. The van der Waals surface area contributed by atoms with Crippen molar-refractivity contribution in [1.82, 2.24) is 9.78 Å². The van der Waals surface area contributed by atoms with Crippen molar-refractivity contribution in [1.29, 1.82) is 0 Å². The molecule has 4 heteroatoms. The molecule has 0 atom stereocenters. The van der Waals surface area contributed by atoms with Crippen molar-refractivity contribution < 1.29 is 9.53 Å². The molecule has 0 aliphatic carbocycles. The molecule has 4 nitrogen and oxygen atoms in total. The van der Waals surface area contributed by atoms with Crippen LogP contribution in [0.5, 0.6) is 5.75 Å². The maximum atomic E-state index is 12.0. The lowest BCUT2D eigenvalue weighted by Crippen LogP contribution is -2.07.